The molecule has 4 nitrogen and oxygen atoms in total. The summed E-state index contributed by atoms with van der Waals surface area (Å²) in [5.74, 6) is -1.22. The van der Waals surface area contributed by atoms with E-state index in [4.69, 9.17) is 4.74 Å². The van der Waals surface area contributed by atoms with E-state index in [0.717, 1.165) is 11.6 Å². The lowest BCUT2D eigenvalue weighted by Gasteiger charge is -2.13. The zero-order valence-corrected chi connectivity index (χ0v) is 13.2. The van der Waals surface area contributed by atoms with Crippen molar-refractivity contribution >= 4 is 16.9 Å². The fourth-order valence-corrected chi connectivity index (χ4v) is 2.63. The molecule has 0 unspecified atom stereocenters. The molecular formula is C19H16FNO3. The van der Waals surface area contributed by atoms with Crippen LogP contribution in [0.1, 0.15) is 22.8 Å². The van der Waals surface area contributed by atoms with Crippen LogP contribution in [0.15, 0.2) is 59.5 Å². The molecule has 0 spiro atoms. The van der Waals surface area contributed by atoms with Gasteiger partial charge in [-0.1, -0.05) is 30.3 Å². The van der Waals surface area contributed by atoms with Crippen LogP contribution in [0.3, 0.4) is 0 Å². The number of hydrogen-bond acceptors (Lipinski definition) is 3. The van der Waals surface area contributed by atoms with E-state index >= 15 is 0 Å². The molecule has 2 aromatic carbocycles. The largest absolute Gasteiger partial charge is 0.462 e. The number of halogens is 1. The molecule has 0 saturated heterocycles. The SMILES string of the molecule is CCOC(=O)c1cn(Cc2ccccc2)c2ccc(F)cc2c1=O. The van der Waals surface area contributed by atoms with Crippen molar-refractivity contribution in [3.8, 4) is 0 Å². The Balaban J connectivity index is 2.21. The summed E-state index contributed by atoms with van der Waals surface area (Å²) in [6.07, 6.45) is 1.48. The van der Waals surface area contributed by atoms with Gasteiger partial charge in [0, 0.05) is 18.1 Å². The van der Waals surface area contributed by atoms with Crippen LogP contribution in [0.25, 0.3) is 10.9 Å². The van der Waals surface area contributed by atoms with E-state index in [1.807, 2.05) is 30.3 Å². The van der Waals surface area contributed by atoms with E-state index in [-0.39, 0.29) is 17.6 Å². The first-order valence-electron chi connectivity index (χ1n) is 7.64. The van der Waals surface area contributed by atoms with Crippen LogP contribution < -0.4 is 5.43 Å². The number of pyridine rings is 1. The Labute approximate surface area is 138 Å². The highest BCUT2D eigenvalue weighted by Gasteiger charge is 2.17. The van der Waals surface area contributed by atoms with Gasteiger partial charge in [0.05, 0.1) is 12.1 Å². The van der Waals surface area contributed by atoms with E-state index in [1.165, 1.54) is 12.3 Å². The zero-order valence-electron chi connectivity index (χ0n) is 13.2. The van der Waals surface area contributed by atoms with Crippen LogP contribution in [0.4, 0.5) is 4.39 Å². The Kier molecular flexibility index (Phi) is 4.42. The third-order valence-corrected chi connectivity index (χ3v) is 3.73. The first-order chi connectivity index (χ1) is 11.6. The molecule has 0 aliphatic heterocycles. The Morgan fingerprint density at radius 1 is 1.17 bits per heavy atom. The average Bonchev–Trinajstić information content (AvgIpc) is 2.58. The van der Waals surface area contributed by atoms with E-state index in [2.05, 4.69) is 0 Å². The Hall–Kier alpha value is -2.95. The number of fused-ring (bicyclic) bond motifs is 1. The van der Waals surface area contributed by atoms with E-state index in [0.29, 0.717) is 12.1 Å². The van der Waals surface area contributed by atoms with E-state index < -0.39 is 17.2 Å². The Morgan fingerprint density at radius 3 is 2.62 bits per heavy atom. The second-order valence-corrected chi connectivity index (χ2v) is 5.37. The standard InChI is InChI=1S/C19H16FNO3/c1-2-24-19(23)16-12-21(11-13-6-4-3-5-7-13)17-9-8-14(20)10-15(17)18(16)22/h3-10,12H,2,11H2,1H3. The third kappa shape index (κ3) is 3.06. The first kappa shape index (κ1) is 15.9. The first-order valence-corrected chi connectivity index (χ1v) is 7.64. The van der Waals surface area contributed by atoms with Crippen molar-refractivity contribution in [3.63, 3.8) is 0 Å². The molecule has 0 aliphatic rings. The van der Waals surface area contributed by atoms with Gasteiger partial charge in [-0.3, -0.25) is 4.79 Å². The van der Waals surface area contributed by atoms with Gasteiger partial charge >= 0.3 is 5.97 Å². The van der Waals surface area contributed by atoms with Crippen LogP contribution in [0.5, 0.6) is 0 Å². The summed E-state index contributed by atoms with van der Waals surface area (Å²) >= 11 is 0. The van der Waals surface area contributed by atoms with Crippen LogP contribution in [0, 0.1) is 5.82 Å². The topological polar surface area (TPSA) is 48.3 Å². The normalized spacial score (nSPS) is 10.8. The van der Waals surface area contributed by atoms with Crippen molar-refractivity contribution in [2.24, 2.45) is 0 Å². The summed E-state index contributed by atoms with van der Waals surface area (Å²) in [4.78, 5) is 24.6. The highest BCUT2D eigenvalue weighted by Crippen LogP contribution is 2.16. The van der Waals surface area contributed by atoms with Gasteiger partial charge in [0.2, 0.25) is 5.43 Å². The maximum atomic E-state index is 13.6. The highest BCUT2D eigenvalue weighted by atomic mass is 19.1. The molecule has 1 heterocycles. The number of carbonyl (C=O) groups excluding carboxylic acids is 1. The Morgan fingerprint density at radius 2 is 1.92 bits per heavy atom. The van der Waals surface area contributed by atoms with Crippen LogP contribution >= 0.6 is 0 Å². The molecule has 0 N–H and O–H groups in total. The summed E-state index contributed by atoms with van der Waals surface area (Å²) in [5, 5.41) is 0.163. The lowest BCUT2D eigenvalue weighted by Crippen LogP contribution is -2.21. The van der Waals surface area contributed by atoms with Crippen molar-refractivity contribution in [2.45, 2.75) is 13.5 Å². The second kappa shape index (κ2) is 6.66. The van der Waals surface area contributed by atoms with Crippen LogP contribution in [-0.4, -0.2) is 17.1 Å². The maximum absolute atomic E-state index is 13.6. The molecule has 0 saturated carbocycles. The molecule has 5 heteroatoms. The molecule has 0 radical (unpaired) electrons. The minimum atomic E-state index is -0.699. The number of carbonyl (C=O) groups is 1. The van der Waals surface area contributed by atoms with Crippen molar-refractivity contribution in [2.75, 3.05) is 6.61 Å². The molecule has 3 aromatic rings. The molecule has 0 atom stereocenters. The molecule has 0 aliphatic carbocycles. The van der Waals surface area contributed by atoms with Crippen molar-refractivity contribution in [1.82, 2.24) is 4.57 Å². The van der Waals surface area contributed by atoms with Crippen molar-refractivity contribution < 1.29 is 13.9 Å². The minimum Gasteiger partial charge on any atom is -0.462 e. The van der Waals surface area contributed by atoms with Gasteiger partial charge in [0.1, 0.15) is 11.4 Å². The van der Waals surface area contributed by atoms with Gasteiger partial charge < -0.3 is 9.30 Å². The molecule has 0 amide bonds. The number of ether oxygens (including phenoxy) is 1. The van der Waals surface area contributed by atoms with Crippen molar-refractivity contribution in [3.05, 3.63) is 81.9 Å². The van der Waals surface area contributed by atoms with Gasteiger partial charge in [0.25, 0.3) is 0 Å². The van der Waals surface area contributed by atoms with Gasteiger partial charge in [0.15, 0.2) is 0 Å². The summed E-state index contributed by atoms with van der Waals surface area (Å²) in [7, 11) is 0. The number of nitrogens with zero attached hydrogens (tertiary/aromatic N) is 1. The number of aromatic nitrogens is 1. The van der Waals surface area contributed by atoms with Gasteiger partial charge in [-0.15, -0.1) is 0 Å². The molecular weight excluding hydrogens is 309 g/mol. The third-order valence-electron chi connectivity index (χ3n) is 3.73. The predicted molar refractivity (Wildman–Crippen MR) is 89.7 cm³/mol. The summed E-state index contributed by atoms with van der Waals surface area (Å²) < 4.78 is 20.3. The lowest BCUT2D eigenvalue weighted by molar-refractivity contribution is 0.0524. The number of hydrogen-bond donors (Lipinski definition) is 0. The molecule has 0 bridgehead atoms. The molecule has 1 aromatic heterocycles. The Bertz CT molecular complexity index is 948. The number of rotatable bonds is 4. The smallest absolute Gasteiger partial charge is 0.343 e. The molecule has 24 heavy (non-hydrogen) atoms. The van der Waals surface area contributed by atoms with Gasteiger partial charge in [-0.2, -0.15) is 0 Å². The van der Waals surface area contributed by atoms with Gasteiger partial charge in [-0.05, 0) is 30.7 Å². The second-order valence-electron chi connectivity index (χ2n) is 5.37. The van der Waals surface area contributed by atoms with E-state index in [1.54, 1.807) is 17.6 Å². The average molecular weight is 325 g/mol. The lowest BCUT2D eigenvalue weighted by atomic mass is 10.1. The molecule has 0 fully saturated rings. The summed E-state index contributed by atoms with van der Waals surface area (Å²) in [5.41, 5.74) is 0.957. The van der Waals surface area contributed by atoms with E-state index in [9.17, 15) is 14.0 Å². The zero-order chi connectivity index (χ0) is 17.1. The quantitative estimate of drug-likeness (QED) is 0.691. The summed E-state index contributed by atoms with van der Waals surface area (Å²) in [6, 6.07) is 13.6. The minimum absolute atomic E-state index is 0.0918. The maximum Gasteiger partial charge on any atom is 0.343 e. The van der Waals surface area contributed by atoms with Gasteiger partial charge in [-0.25, -0.2) is 9.18 Å². The summed E-state index contributed by atoms with van der Waals surface area (Å²) in [6.45, 7) is 2.29. The number of esters is 1. The molecule has 3 rings (SSSR count). The molecule has 122 valence electrons. The number of benzene rings is 2. The highest BCUT2D eigenvalue weighted by molar-refractivity contribution is 5.93. The van der Waals surface area contributed by atoms with Crippen molar-refractivity contribution in [1.29, 1.82) is 0 Å². The van der Waals surface area contributed by atoms with Crippen LogP contribution in [0.2, 0.25) is 0 Å². The predicted octanol–water partition coefficient (Wildman–Crippen LogP) is 3.37. The fourth-order valence-electron chi connectivity index (χ4n) is 2.63. The fraction of sp³-hybridized carbons (Fsp3) is 0.158. The van der Waals surface area contributed by atoms with Crippen LogP contribution in [-0.2, 0) is 11.3 Å². The monoisotopic (exact) mass is 325 g/mol.